The minimum absolute atomic E-state index is 0.0854. The largest absolute Gasteiger partial charge is 0.345 e. The van der Waals surface area contributed by atoms with Gasteiger partial charge in [-0.15, -0.1) is 0 Å². The van der Waals surface area contributed by atoms with Gasteiger partial charge in [-0.25, -0.2) is 13.4 Å². The van der Waals surface area contributed by atoms with Crippen molar-refractivity contribution < 1.29 is 13.2 Å². The van der Waals surface area contributed by atoms with E-state index in [-0.39, 0.29) is 23.9 Å². The molecule has 8 heteroatoms. The van der Waals surface area contributed by atoms with Crippen LogP contribution >= 0.6 is 0 Å². The summed E-state index contributed by atoms with van der Waals surface area (Å²) in [6.45, 7) is 1.16. The van der Waals surface area contributed by atoms with Crippen LogP contribution in [-0.4, -0.2) is 59.7 Å². The fourth-order valence-electron chi connectivity index (χ4n) is 4.12. The quantitative estimate of drug-likeness (QED) is 0.521. The second-order valence-corrected chi connectivity index (χ2v) is 9.57. The van der Waals surface area contributed by atoms with Gasteiger partial charge in [0.2, 0.25) is 10.0 Å². The second kappa shape index (κ2) is 8.22. The number of fused-ring (bicyclic) bond motifs is 1. The number of nitrogens with zero attached hydrogens (tertiary/aromatic N) is 3. The molecule has 2 aromatic heterocycles. The van der Waals surface area contributed by atoms with E-state index in [2.05, 4.69) is 9.97 Å². The van der Waals surface area contributed by atoms with Crippen LogP contribution in [0.25, 0.3) is 22.2 Å². The number of sulfonamides is 1. The highest BCUT2D eigenvalue weighted by atomic mass is 32.2. The normalized spacial score (nSPS) is 15.2. The van der Waals surface area contributed by atoms with Crippen molar-refractivity contribution in [2.45, 2.75) is 4.90 Å². The van der Waals surface area contributed by atoms with Crippen molar-refractivity contribution in [3.05, 3.63) is 84.7 Å². The zero-order valence-electron chi connectivity index (χ0n) is 17.3. The fourth-order valence-corrected chi connectivity index (χ4v) is 5.70. The molecule has 3 heterocycles. The van der Waals surface area contributed by atoms with Crippen molar-refractivity contribution in [1.82, 2.24) is 19.2 Å². The van der Waals surface area contributed by atoms with Crippen molar-refractivity contribution >= 4 is 27.0 Å². The number of amides is 1. The molecule has 0 unspecified atom stereocenters. The minimum Gasteiger partial charge on any atom is -0.345 e. The predicted octanol–water partition coefficient (Wildman–Crippen LogP) is 3.38. The SMILES string of the molecule is O=C(c1ccccc1-c1ccccc1)N1CCN(S(=O)(=O)c2c[nH]c3ncccc23)CC1. The molecule has 1 aliphatic rings. The molecule has 0 saturated carbocycles. The van der Waals surface area contributed by atoms with Crippen LogP contribution in [0.1, 0.15) is 10.4 Å². The summed E-state index contributed by atoms with van der Waals surface area (Å²) < 4.78 is 27.9. The summed E-state index contributed by atoms with van der Waals surface area (Å²) >= 11 is 0. The van der Waals surface area contributed by atoms with E-state index in [0.717, 1.165) is 11.1 Å². The van der Waals surface area contributed by atoms with Gasteiger partial charge in [-0.05, 0) is 29.3 Å². The molecule has 0 atom stereocenters. The first-order chi connectivity index (χ1) is 15.6. The van der Waals surface area contributed by atoms with E-state index < -0.39 is 10.0 Å². The number of piperazine rings is 1. The van der Waals surface area contributed by atoms with Crippen molar-refractivity contribution in [3.8, 4) is 11.1 Å². The lowest BCUT2D eigenvalue weighted by atomic mass is 9.99. The maximum Gasteiger partial charge on any atom is 0.254 e. The first-order valence-corrected chi connectivity index (χ1v) is 11.9. The molecule has 0 aliphatic carbocycles. The zero-order chi connectivity index (χ0) is 22.1. The molecule has 1 aliphatic heterocycles. The summed E-state index contributed by atoms with van der Waals surface area (Å²) in [6, 6.07) is 20.8. The van der Waals surface area contributed by atoms with Gasteiger partial charge in [0.15, 0.2) is 0 Å². The Labute approximate surface area is 186 Å². The molecule has 1 amide bonds. The average Bonchev–Trinajstić information content (AvgIpc) is 3.29. The zero-order valence-corrected chi connectivity index (χ0v) is 18.1. The first-order valence-electron chi connectivity index (χ1n) is 10.4. The molecular formula is C24H22N4O3S. The number of nitrogens with one attached hydrogen (secondary N) is 1. The van der Waals surface area contributed by atoms with Crippen LogP contribution in [0.4, 0.5) is 0 Å². The number of hydrogen-bond acceptors (Lipinski definition) is 4. The van der Waals surface area contributed by atoms with Crippen LogP contribution in [0.15, 0.2) is 84.0 Å². The number of aromatic nitrogens is 2. The summed E-state index contributed by atoms with van der Waals surface area (Å²) in [5.74, 6) is -0.0854. The standard InChI is InChI=1S/C24H22N4O3S/c29-24(20-10-5-4-9-19(20)18-7-2-1-3-8-18)27-13-15-28(16-14-27)32(30,31)22-17-26-23-21(22)11-6-12-25-23/h1-12,17H,13-16H2,(H,25,26). The third-order valence-electron chi connectivity index (χ3n) is 5.80. The summed E-state index contributed by atoms with van der Waals surface area (Å²) in [7, 11) is -3.69. The Morgan fingerprint density at radius 2 is 1.59 bits per heavy atom. The summed E-state index contributed by atoms with van der Waals surface area (Å²) in [5, 5.41) is 0.572. The van der Waals surface area contributed by atoms with Gasteiger partial charge < -0.3 is 9.88 Å². The molecule has 5 rings (SSSR count). The third kappa shape index (κ3) is 3.57. The van der Waals surface area contributed by atoms with Crippen molar-refractivity contribution in [1.29, 1.82) is 0 Å². The van der Waals surface area contributed by atoms with Crippen LogP contribution in [0.3, 0.4) is 0 Å². The second-order valence-electron chi connectivity index (χ2n) is 7.66. The highest BCUT2D eigenvalue weighted by Crippen LogP contribution is 2.27. The van der Waals surface area contributed by atoms with E-state index in [0.29, 0.717) is 29.7 Å². The van der Waals surface area contributed by atoms with E-state index in [4.69, 9.17) is 0 Å². The van der Waals surface area contributed by atoms with Gasteiger partial charge >= 0.3 is 0 Å². The van der Waals surface area contributed by atoms with Crippen LogP contribution in [-0.2, 0) is 10.0 Å². The highest BCUT2D eigenvalue weighted by Gasteiger charge is 2.32. The number of benzene rings is 2. The molecule has 0 radical (unpaired) electrons. The van der Waals surface area contributed by atoms with Gasteiger partial charge in [-0.3, -0.25) is 4.79 Å². The average molecular weight is 447 g/mol. The van der Waals surface area contributed by atoms with E-state index >= 15 is 0 Å². The number of carbonyl (C=O) groups is 1. The van der Waals surface area contributed by atoms with Gasteiger partial charge in [0.25, 0.3) is 5.91 Å². The van der Waals surface area contributed by atoms with Crippen molar-refractivity contribution in [3.63, 3.8) is 0 Å². The lowest BCUT2D eigenvalue weighted by Gasteiger charge is -2.34. The smallest absolute Gasteiger partial charge is 0.254 e. The molecule has 2 aromatic carbocycles. The van der Waals surface area contributed by atoms with Gasteiger partial charge in [0.1, 0.15) is 10.5 Å². The molecule has 0 bridgehead atoms. The molecule has 162 valence electrons. The molecule has 7 nitrogen and oxygen atoms in total. The van der Waals surface area contributed by atoms with Gasteiger partial charge in [-0.2, -0.15) is 4.31 Å². The summed E-state index contributed by atoms with van der Waals surface area (Å²) in [6.07, 6.45) is 3.10. The lowest BCUT2D eigenvalue weighted by Crippen LogP contribution is -2.50. The highest BCUT2D eigenvalue weighted by molar-refractivity contribution is 7.89. The van der Waals surface area contributed by atoms with Crippen molar-refractivity contribution in [2.24, 2.45) is 0 Å². The van der Waals surface area contributed by atoms with Crippen LogP contribution < -0.4 is 0 Å². The number of rotatable bonds is 4. The number of pyridine rings is 1. The number of hydrogen-bond donors (Lipinski definition) is 1. The molecule has 4 aromatic rings. The van der Waals surface area contributed by atoms with Gasteiger partial charge in [0, 0.05) is 49.5 Å². The maximum absolute atomic E-state index is 13.3. The fraction of sp³-hybridized carbons (Fsp3) is 0.167. The number of aromatic amines is 1. The van der Waals surface area contributed by atoms with E-state index in [1.807, 2.05) is 54.6 Å². The molecule has 0 spiro atoms. The van der Waals surface area contributed by atoms with E-state index in [1.54, 1.807) is 23.2 Å². The minimum atomic E-state index is -3.69. The van der Waals surface area contributed by atoms with Crippen LogP contribution in [0.5, 0.6) is 0 Å². The Morgan fingerprint density at radius 3 is 2.38 bits per heavy atom. The van der Waals surface area contributed by atoms with Gasteiger partial charge in [0.05, 0.1) is 0 Å². The molecule has 1 saturated heterocycles. The first kappa shape index (κ1) is 20.4. The summed E-state index contributed by atoms with van der Waals surface area (Å²) in [5.41, 5.74) is 3.01. The Bertz CT molecular complexity index is 1370. The monoisotopic (exact) mass is 446 g/mol. The Balaban J connectivity index is 1.35. The third-order valence-corrected chi connectivity index (χ3v) is 7.74. The Morgan fingerprint density at radius 1 is 0.875 bits per heavy atom. The van der Waals surface area contributed by atoms with Gasteiger partial charge in [-0.1, -0.05) is 48.5 Å². The van der Waals surface area contributed by atoms with Crippen molar-refractivity contribution in [2.75, 3.05) is 26.2 Å². The topological polar surface area (TPSA) is 86.4 Å². The Hall–Kier alpha value is -3.49. The van der Waals surface area contributed by atoms with E-state index in [9.17, 15) is 13.2 Å². The molecule has 1 fully saturated rings. The molecule has 1 N–H and O–H groups in total. The van der Waals surface area contributed by atoms with Crippen LogP contribution in [0, 0.1) is 0 Å². The molecular weight excluding hydrogens is 424 g/mol. The van der Waals surface area contributed by atoms with E-state index in [1.165, 1.54) is 10.5 Å². The maximum atomic E-state index is 13.3. The molecule has 32 heavy (non-hydrogen) atoms. The Kier molecular flexibility index (Phi) is 5.24. The number of carbonyl (C=O) groups excluding carboxylic acids is 1. The summed E-state index contributed by atoms with van der Waals surface area (Å²) in [4.78, 5) is 22.3. The predicted molar refractivity (Wildman–Crippen MR) is 123 cm³/mol. The number of H-pyrrole nitrogens is 1. The van der Waals surface area contributed by atoms with Crippen LogP contribution in [0.2, 0.25) is 0 Å². The lowest BCUT2D eigenvalue weighted by molar-refractivity contribution is 0.0698.